The van der Waals surface area contributed by atoms with Crippen molar-refractivity contribution in [3.63, 3.8) is 0 Å². The molecule has 0 aromatic heterocycles. The Bertz CT molecular complexity index is 149. The maximum absolute atomic E-state index is 10.9. The van der Waals surface area contributed by atoms with Gasteiger partial charge in [0.25, 0.3) is 0 Å². The molecule has 0 aromatic rings. The van der Waals surface area contributed by atoms with Gasteiger partial charge in [0.2, 0.25) is 0 Å². The van der Waals surface area contributed by atoms with Crippen molar-refractivity contribution in [3.8, 4) is 0 Å². The highest BCUT2D eigenvalue weighted by Gasteiger charge is 2.25. The third-order valence-electron chi connectivity index (χ3n) is 1.86. The van der Waals surface area contributed by atoms with Gasteiger partial charge >= 0.3 is 5.97 Å². The highest BCUT2D eigenvalue weighted by Crippen LogP contribution is 2.08. The number of nitrogens with one attached hydrogen (secondary N) is 1. The predicted molar refractivity (Wildman–Crippen MR) is 39.0 cm³/mol. The highest BCUT2D eigenvalue weighted by molar-refractivity contribution is 5.75. The Kier molecular flexibility index (Phi) is 2.84. The molecule has 0 aromatic carbocycles. The molecule has 64 valence electrons. The van der Waals surface area contributed by atoms with E-state index >= 15 is 0 Å². The van der Waals surface area contributed by atoms with Crippen molar-refractivity contribution in [3.05, 3.63) is 0 Å². The van der Waals surface area contributed by atoms with Crippen LogP contribution in [0.15, 0.2) is 0 Å². The Morgan fingerprint density at radius 2 is 2.45 bits per heavy atom. The fourth-order valence-corrected chi connectivity index (χ4v) is 1.22. The van der Waals surface area contributed by atoms with E-state index in [9.17, 15) is 9.90 Å². The molecule has 1 heterocycles. The molecule has 2 N–H and O–H groups in total. The minimum atomic E-state index is -0.361. The van der Waals surface area contributed by atoms with E-state index in [0.717, 1.165) is 0 Å². The summed E-state index contributed by atoms with van der Waals surface area (Å²) >= 11 is 0. The average molecular weight is 159 g/mol. The van der Waals surface area contributed by atoms with Gasteiger partial charge in [-0.05, 0) is 19.4 Å². The molecule has 1 saturated heterocycles. The van der Waals surface area contributed by atoms with Gasteiger partial charge in [-0.3, -0.25) is 4.79 Å². The van der Waals surface area contributed by atoms with Gasteiger partial charge in [-0.2, -0.15) is 0 Å². The molecule has 1 rings (SSSR count). The molecule has 0 aliphatic carbocycles. The molecule has 0 radical (unpaired) electrons. The van der Waals surface area contributed by atoms with Crippen LogP contribution in [-0.4, -0.2) is 36.9 Å². The lowest BCUT2D eigenvalue weighted by atomic mass is 10.0. The van der Waals surface area contributed by atoms with Gasteiger partial charge in [0.05, 0.1) is 13.2 Å². The monoisotopic (exact) mass is 159 g/mol. The van der Waals surface area contributed by atoms with Crippen LogP contribution in [0.1, 0.15) is 12.8 Å². The summed E-state index contributed by atoms with van der Waals surface area (Å²) in [6, 6.07) is -0.316. The Morgan fingerprint density at radius 1 is 1.73 bits per heavy atom. The maximum Gasteiger partial charge on any atom is 0.322 e. The van der Waals surface area contributed by atoms with Gasteiger partial charge < -0.3 is 15.2 Å². The van der Waals surface area contributed by atoms with E-state index < -0.39 is 0 Å². The fourth-order valence-electron chi connectivity index (χ4n) is 1.22. The zero-order chi connectivity index (χ0) is 8.27. The molecule has 2 unspecified atom stereocenters. The lowest BCUT2D eigenvalue weighted by Gasteiger charge is -2.24. The van der Waals surface area contributed by atoms with Crippen molar-refractivity contribution in [2.45, 2.75) is 25.0 Å². The van der Waals surface area contributed by atoms with Gasteiger partial charge in [-0.1, -0.05) is 0 Å². The molecule has 11 heavy (non-hydrogen) atoms. The number of hydrogen-bond donors (Lipinski definition) is 2. The van der Waals surface area contributed by atoms with Crippen LogP contribution in [0.4, 0.5) is 0 Å². The summed E-state index contributed by atoms with van der Waals surface area (Å²) in [4.78, 5) is 10.9. The molecule has 4 nitrogen and oxygen atoms in total. The predicted octanol–water partition coefficient (Wildman–Crippen LogP) is -0.728. The van der Waals surface area contributed by atoms with Gasteiger partial charge in [0.15, 0.2) is 0 Å². The van der Waals surface area contributed by atoms with Crippen molar-refractivity contribution in [1.29, 1.82) is 0 Å². The van der Waals surface area contributed by atoms with E-state index in [0.29, 0.717) is 19.4 Å². The molecule has 0 spiro atoms. The number of methoxy groups -OCH3 is 1. The van der Waals surface area contributed by atoms with Crippen LogP contribution in [0.5, 0.6) is 0 Å². The number of ether oxygens (including phenoxy) is 1. The molecule has 0 saturated carbocycles. The van der Waals surface area contributed by atoms with E-state index in [-0.39, 0.29) is 18.1 Å². The van der Waals surface area contributed by atoms with Gasteiger partial charge in [0, 0.05) is 0 Å². The Labute approximate surface area is 65.5 Å². The topological polar surface area (TPSA) is 58.6 Å². The maximum atomic E-state index is 10.9. The highest BCUT2D eigenvalue weighted by atomic mass is 16.5. The lowest BCUT2D eigenvalue weighted by Crippen LogP contribution is -2.45. The van der Waals surface area contributed by atoms with Crippen molar-refractivity contribution >= 4 is 5.97 Å². The second kappa shape index (κ2) is 3.69. The van der Waals surface area contributed by atoms with Crippen LogP contribution in [-0.2, 0) is 9.53 Å². The molecule has 2 atom stereocenters. The first-order chi connectivity index (χ1) is 5.24. The SMILES string of the molecule is COC(=O)C1CC(O)CCN1. The summed E-state index contributed by atoms with van der Waals surface area (Å²) in [5, 5.41) is 12.1. The zero-order valence-corrected chi connectivity index (χ0v) is 6.54. The summed E-state index contributed by atoms with van der Waals surface area (Å²) in [5.74, 6) is -0.288. The number of hydrogen-bond acceptors (Lipinski definition) is 4. The fraction of sp³-hybridized carbons (Fsp3) is 0.857. The number of piperidine rings is 1. The minimum absolute atomic E-state index is 0.288. The number of esters is 1. The quantitative estimate of drug-likeness (QED) is 0.495. The van der Waals surface area contributed by atoms with Crippen LogP contribution in [0.3, 0.4) is 0 Å². The van der Waals surface area contributed by atoms with Crippen LogP contribution < -0.4 is 5.32 Å². The second-order valence-electron chi connectivity index (χ2n) is 2.71. The summed E-state index contributed by atoms with van der Waals surface area (Å²) in [7, 11) is 1.35. The number of carbonyl (C=O) groups excluding carboxylic acids is 1. The normalized spacial score (nSPS) is 31.5. The molecule has 0 bridgehead atoms. The lowest BCUT2D eigenvalue weighted by molar-refractivity contribution is -0.144. The molecular formula is C7H13NO3. The molecule has 1 aliphatic heterocycles. The molecule has 1 aliphatic rings. The Balaban J connectivity index is 2.39. The first-order valence-corrected chi connectivity index (χ1v) is 3.73. The number of carbonyl (C=O) groups is 1. The summed E-state index contributed by atoms with van der Waals surface area (Å²) in [5.41, 5.74) is 0. The number of rotatable bonds is 1. The van der Waals surface area contributed by atoms with E-state index in [4.69, 9.17) is 0 Å². The van der Waals surface area contributed by atoms with E-state index in [2.05, 4.69) is 10.1 Å². The van der Waals surface area contributed by atoms with Crippen LogP contribution in [0.2, 0.25) is 0 Å². The van der Waals surface area contributed by atoms with Crippen LogP contribution in [0.25, 0.3) is 0 Å². The molecule has 4 heteroatoms. The van der Waals surface area contributed by atoms with Crippen LogP contribution in [0, 0.1) is 0 Å². The molecule has 0 amide bonds. The van der Waals surface area contributed by atoms with E-state index in [1.165, 1.54) is 7.11 Å². The largest absolute Gasteiger partial charge is 0.468 e. The number of aliphatic hydroxyl groups is 1. The van der Waals surface area contributed by atoms with E-state index in [1.807, 2.05) is 0 Å². The molecular weight excluding hydrogens is 146 g/mol. The second-order valence-corrected chi connectivity index (χ2v) is 2.71. The summed E-state index contributed by atoms with van der Waals surface area (Å²) in [6.07, 6.45) is 0.820. The van der Waals surface area contributed by atoms with Crippen molar-refractivity contribution < 1.29 is 14.6 Å². The standard InChI is InChI=1S/C7H13NO3/c1-11-7(10)6-4-5(9)2-3-8-6/h5-6,8-9H,2-4H2,1H3. The first kappa shape index (κ1) is 8.49. The van der Waals surface area contributed by atoms with Crippen molar-refractivity contribution in [1.82, 2.24) is 5.32 Å². The third kappa shape index (κ3) is 2.17. The minimum Gasteiger partial charge on any atom is -0.468 e. The van der Waals surface area contributed by atoms with Gasteiger partial charge in [0.1, 0.15) is 6.04 Å². The zero-order valence-electron chi connectivity index (χ0n) is 6.54. The molecule has 1 fully saturated rings. The van der Waals surface area contributed by atoms with Crippen molar-refractivity contribution in [2.24, 2.45) is 0 Å². The van der Waals surface area contributed by atoms with Crippen molar-refractivity contribution in [2.75, 3.05) is 13.7 Å². The smallest absolute Gasteiger partial charge is 0.322 e. The summed E-state index contributed by atoms with van der Waals surface area (Å²) < 4.78 is 4.53. The first-order valence-electron chi connectivity index (χ1n) is 3.73. The Morgan fingerprint density at radius 3 is 3.00 bits per heavy atom. The van der Waals surface area contributed by atoms with Gasteiger partial charge in [-0.15, -0.1) is 0 Å². The third-order valence-corrected chi connectivity index (χ3v) is 1.86. The number of aliphatic hydroxyl groups excluding tert-OH is 1. The van der Waals surface area contributed by atoms with Crippen LogP contribution >= 0.6 is 0 Å². The van der Waals surface area contributed by atoms with E-state index in [1.54, 1.807) is 0 Å². The summed E-state index contributed by atoms with van der Waals surface area (Å²) in [6.45, 7) is 0.681. The van der Waals surface area contributed by atoms with Gasteiger partial charge in [-0.25, -0.2) is 0 Å². The average Bonchev–Trinajstić information content (AvgIpc) is 2.03. The Hall–Kier alpha value is -0.610.